The van der Waals surface area contributed by atoms with Crippen LogP contribution in [0.5, 0.6) is 5.75 Å². The number of urea groups is 1. The molecule has 2 aliphatic rings. The summed E-state index contributed by atoms with van der Waals surface area (Å²) in [6, 6.07) is 12.1. The number of imide groups is 1. The van der Waals surface area contributed by atoms with Crippen LogP contribution in [0.2, 0.25) is 0 Å². The lowest BCUT2D eigenvalue weighted by Crippen LogP contribution is -2.28. The van der Waals surface area contributed by atoms with Gasteiger partial charge in [0, 0.05) is 24.2 Å². The summed E-state index contributed by atoms with van der Waals surface area (Å²) in [7, 11) is 0. The van der Waals surface area contributed by atoms with E-state index in [-0.39, 0.29) is 24.5 Å². The van der Waals surface area contributed by atoms with Crippen molar-refractivity contribution in [3.8, 4) is 5.75 Å². The molecule has 1 atom stereocenters. The zero-order valence-corrected chi connectivity index (χ0v) is 14.8. The maximum absolute atomic E-state index is 12.4. The number of rotatable bonds is 4. The topological polar surface area (TPSA) is 87.7 Å². The Balaban J connectivity index is 1.38. The van der Waals surface area contributed by atoms with Crippen LogP contribution < -0.4 is 20.3 Å². The van der Waals surface area contributed by atoms with Gasteiger partial charge >= 0.3 is 6.03 Å². The lowest BCUT2D eigenvalue weighted by atomic mass is 10.1. The molecule has 1 saturated heterocycles. The van der Waals surface area contributed by atoms with Gasteiger partial charge in [0.25, 0.3) is 5.91 Å². The van der Waals surface area contributed by atoms with Crippen LogP contribution in [-0.2, 0) is 17.8 Å². The fraction of sp³-hybridized carbons (Fsp3) is 0.250. The first-order chi connectivity index (χ1) is 13.0. The van der Waals surface area contributed by atoms with Crippen molar-refractivity contribution in [2.45, 2.75) is 26.0 Å². The van der Waals surface area contributed by atoms with Crippen molar-refractivity contribution in [2.75, 3.05) is 11.4 Å². The largest absolute Gasteiger partial charge is 0.490 e. The van der Waals surface area contributed by atoms with Crippen molar-refractivity contribution in [3.05, 3.63) is 59.2 Å². The van der Waals surface area contributed by atoms with E-state index in [9.17, 15) is 14.4 Å². The monoisotopic (exact) mass is 365 g/mol. The summed E-state index contributed by atoms with van der Waals surface area (Å²) < 4.78 is 5.68. The second-order valence-corrected chi connectivity index (χ2v) is 6.74. The van der Waals surface area contributed by atoms with Gasteiger partial charge in [-0.3, -0.25) is 19.8 Å². The van der Waals surface area contributed by atoms with Gasteiger partial charge in [-0.25, -0.2) is 4.79 Å². The zero-order chi connectivity index (χ0) is 19.0. The van der Waals surface area contributed by atoms with Crippen LogP contribution in [0.4, 0.5) is 10.5 Å². The first-order valence-electron chi connectivity index (χ1n) is 8.77. The van der Waals surface area contributed by atoms with Gasteiger partial charge < -0.3 is 10.1 Å². The van der Waals surface area contributed by atoms with Gasteiger partial charge in [-0.1, -0.05) is 12.1 Å². The molecule has 27 heavy (non-hydrogen) atoms. The number of nitrogens with one attached hydrogen (secondary N) is 2. The van der Waals surface area contributed by atoms with Gasteiger partial charge in [-0.05, 0) is 48.4 Å². The maximum atomic E-state index is 12.4. The van der Waals surface area contributed by atoms with Crippen LogP contribution in [0.15, 0.2) is 42.5 Å². The van der Waals surface area contributed by atoms with E-state index >= 15 is 0 Å². The Hall–Kier alpha value is -3.35. The second-order valence-electron chi connectivity index (χ2n) is 6.74. The molecule has 0 saturated carbocycles. The molecule has 2 aromatic rings. The summed E-state index contributed by atoms with van der Waals surface area (Å²) in [5.41, 5.74) is 3.24. The van der Waals surface area contributed by atoms with Crippen molar-refractivity contribution >= 4 is 23.5 Å². The summed E-state index contributed by atoms with van der Waals surface area (Å²) in [6.45, 7) is 2.45. The lowest BCUT2D eigenvalue weighted by molar-refractivity contribution is -0.117. The number of hydrogen-bond acceptors (Lipinski definition) is 4. The highest BCUT2D eigenvalue weighted by atomic mass is 16.5. The van der Waals surface area contributed by atoms with Crippen molar-refractivity contribution in [1.29, 1.82) is 0 Å². The number of carbonyl (C=O) groups excluding carboxylic acids is 3. The molecule has 2 aromatic carbocycles. The van der Waals surface area contributed by atoms with Crippen molar-refractivity contribution < 1.29 is 19.1 Å². The number of ether oxygens (including phenoxy) is 1. The molecule has 0 aromatic heterocycles. The SMILES string of the molecule is CC1Cc2cc(CNC(=O)c3ccc(N4CC(=O)NC4=O)cc3)ccc2O1. The number of hydrogen-bond donors (Lipinski definition) is 2. The Labute approximate surface area is 156 Å². The molecule has 4 rings (SSSR count). The molecule has 0 bridgehead atoms. The predicted molar refractivity (Wildman–Crippen MR) is 98.7 cm³/mol. The van der Waals surface area contributed by atoms with Gasteiger partial charge in [0.05, 0.1) is 0 Å². The first kappa shape index (κ1) is 17.1. The van der Waals surface area contributed by atoms with Crippen LogP contribution in [0.25, 0.3) is 0 Å². The van der Waals surface area contributed by atoms with E-state index in [1.807, 2.05) is 19.1 Å². The van der Waals surface area contributed by atoms with E-state index in [2.05, 4.69) is 16.7 Å². The highest BCUT2D eigenvalue weighted by Gasteiger charge is 2.27. The van der Waals surface area contributed by atoms with Gasteiger partial charge in [-0.15, -0.1) is 0 Å². The normalized spacial score (nSPS) is 18.1. The van der Waals surface area contributed by atoms with Gasteiger partial charge in [0.1, 0.15) is 18.4 Å². The van der Waals surface area contributed by atoms with Crippen LogP contribution in [-0.4, -0.2) is 30.5 Å². The standard InChI is InChI=1S/C20H19N3O4/c1-12-8-15-9-13(2-7-17(15)27-12)10-21-19(25)14-3-5-16(6-4-14)23-11-18(24)22-20(23)26/h2-7,9,12H,8,10-11H2,1H3,(H,21,25)(H,22,24,26). The fourth-order valence-electron chi connectivity index (χ4n) is 3.31. The van der Waals surface area contributed by atoms with Crippen molar-refractivity contribution in [3.63, 3.8) is 0 Å². The number of fused-ring (bicyclic) bond motifs is 1. The Morgan fingerprint density at radius 1 is 1.22 bits per heavy atom. The molecule has 0 radical (unpaired) electrons. The van der Waals surface area contributed by atoms with E-state index in [1.54, 1.807) is 24.3 Å². The van der Waals surface area contributed by atoms with Crippen molar-refractivity contribution in [1.82, 2.24) is 10.6 Å². The fourth-order valence-corrected chi connectivity index (χ4v) is 3.31. The third-order valence-electron chi connectivity index (χ3n) is 4.65. The van der Waals surface area contributed by atoms with E-state index < -0.39 is 6.03 Å². The highest BCUT2D eigenvalue weighted by molar-refractivity contribution is 6.12. The molecule has 1 unspecified atom stereocenters. The molecule has 0 aliphatic carbocycles. The smallest absolute Gasteiger partial charge is 0.329 e. The van der Waals surface area contributed by atoms with E-state index in [1.165, 1.54) is 4.90 Å². The summed E-state index contributed by atoms with van der Waals surface area (Å²) >= 11 is 0. The third kappa shape index (κ3) is 3.48. The third-order valence-corrected chi connectivity index (χ3v) is 4.65. The molecular weight excluding hydrogens is 346 g/mol. The molecule has 2 heterocycles. The number of nitrogens with zero attached hydrogens (tertiary/aromatic N) is 1. The maximum Gasteiger partial charge on any atom is 0.329 e. The Morgan fingerprint density at radius 2 is 2.00 bits per heavy atom. The average molecular weight is 365 g/mol. The Morgan fingerprint density at radius 3 is 2.70 bits per heavy atom. The van der Waals surface area contributed by atoms with Crippen molar-refractivity contribution in [2.24, 2.45) is 0 Å². The molecule has 4 amide bonds. The minimum absolute atomic E-state index is 0.00889. The predicted octanol–water partition coefficient (Wildman–Crippen LogP) is 2.00. The van der Waals surface area contributed by atoms with Gasteiger partial charge in [0.15, 0.2) is 0 Å². The average Bonchev–Trinajstić information content (AvgIpc) is 3.19. The lowest BCUT2D eigenvalue weighted by Gasteiger charge is -2.13. The minimum atomic E-state index is -0.452. The Kier molecular flexibility index (Phi) is 4.27. The molecule has 2 aliphatic heterocycles. The Bertz CT molecular complexity index is 923. The highest BCUT2D eigenvalue weighted by Crippen LogP contribution is 2.29. The van der Waals surface area contributed by atoms with E-state index in [4.69, 9.17) is 4.74 Å². The van der Waals surface area contributed by atoms with Crippen LogP contribution in [0.3, 0.4) is 0 Å². The second kappa shape index (κ2) is 6.75. The zero-order valence-electron chi connectivity index (χ0n) is 14.8. The molecule has 7 heteroatoms. The van der Waals surface area contributed by atoms with E-state index in [0.29, 0.717) is 17.8 Å². The minimum Gasteiger partial charge on any atom is -0.490 e. The van der Waals surface area contributed by atoms with Crippen LogP contribution in [0.1, 0.15) is 28.4 Å². The molecule has 0 spiro atoms. The van der Waals surface area contributed by atoms with E-state index in [0.717, 1.165) is 23.3 Å². The number of benzene rings is 2. The molecule has 1 fully saturated rings. The summed E-state index contributed by atoms with van der Waals surface area (Å²) in [4.78, 5) is 36.6. The van der Waals surface area contributed by atoms with Crippen LogP contribution in [0, 0.1) is 0 Å². The first-order valence-corrected chi connectivity index (χ1v) is 8.77. The molecule has 7 nitrogen and oxygen atoms in total. The summed E-state index contributed by atoms with van der Waals surface area (Å²) in [6.07, 6.45) is 1.07. The molecule has 138 valence electrons. The summed E-state index contributed by atoms with van der Waals surface area (Å²) in [5, 5.41) is 5.12. The van der Waals surface area contributed by atoms with Gasteiger partial charge in [-0.2, -0.15) is 0 Å². The quantitative estimate of drug-likeness (QED) is 0.811. The molecular formula is C20H19N3O4. The number of carbonyl (C=O) groups is 3. The number of amides is 4. The summed E-state index contributed by atoms with van der Waals surface area (Å²) in [5.74, 6) is 0.377. The molecule has 2 N–H and O–H groups in total. The number of anilines is 1. The van der Waals surface area contributed by atoms with Crippen LogP contribution >= 0.6 is 0 Å². The van der Waals surface area contributed by atoms with Gasteiger partial charge in [0.2, 0.25) is 5.91 Å².